The van der Waals surface area contributed by atoms with Crippen molar-refractivity contribution in [2.24, 2.45) is 5.73 Å². The second-order valence-corrected chi connectivity index (χ2v) is 7.26. The second-order valence-electron chi connectivity index (χ2n) is 5.97. The van der Waals surface area contributed by atoms with Gasteiger partial charge in [-0.3, -0.25) is 4.90 Å². The molecule has 5 heteroatoms. The molecule has 2 N–H and O–H groups in total. The van der Waals surface area contributed by atoms with Crippen LogP contribution in [0.1, 0.15) is 17.5 Å². The molecule has 2 aromatic rings. The highest BCUT2D eigenvalue weighted by Gasteiger charge is 2.18. The molecule has 122 valence electrons. The zero-order valence-electron chi connectivity index (χ0n) is 12.8. The predicted octanol–water partition coefficient (Wildman–Crippen LogP) is 4.21. The Labute approximate surface area is 150 Å². The van der Waals surface area contributed by atoms with Crippen LogP contribution in [0.3, 0.4) is 0 Å². The van der Waals surface area contributed by atoms with E-state index in [9.17, 15) is 0 Å². The Balaban J connectivity index is 1.61. The van der Waals surface area contributed by atoms with Crippen molar-refractivity contribution in [3.05, 3.63) is 63.1 Å². The van der Waals surface area contributed by atoms with E-state index >= 15 is 0 Å². The van der Waals surface area contributed by atoms with Gasteiger partial charge in [0.15, 0.2) is 0 Å². The molecule has 3 rings (SSSR count). The van der Waals surface area contributed by atoms with Crippen molar-refractivity contribution < 1.29 is 4.74 Å². The number of nitrogens with zero attached hydrogens (tertiary/aromatic N) is 1. The van der Waals surface area contributed by atoms with Gasteiger partial charge < -0.3 is 10.5 Å². The van der Waals surface area contributed by atoms with Crippen LogP contribution in [-0.4, -0.2) is 24.0 Å². The van der Waals surface area contributed by atoms with Crippen molar-refractivity contribution >= 4 is 27.5 Å². The first-order chi connectivity index (χ1) is 11.1. The fourth-order valence-corrected chi connectivity index (χ4v) is 3.63. The van der Waals surface area contributed by atoms with E-state index in [4.69, 9.17) is 22.1 Å². The Morgan fingerprint density at radius 3 is 2.78 bits per heavy atom. The Kier molecular flexibility index (Phi) is 5.59. The lowest BCUT2D eigenvalue weighted by Crippen LogP contribution is -2.26. The van der Waals surface area contributed by atoms with Crippen molar-refractivity contribution in [2.45, 2.75) is 25.6 Å². The highest BCUT2D eigenvalue weighted by atomic mass is 79.9. The number of hydrogen-bond acceptors (Lipinski definition) is 3. The maximum absolute atomic E-state index is 5.97. The molecular formula is C18H20BrClN2O. The topological polar surface area (TPSA) is 38.5 Å². The molecule has 23 heavy (non-hydrogen) atoms. The Hall–Kier alpha value is -1.07. The van der Waals surface area contributed by atoms with Crippen molar-refractivity contribution in [2.75, 3.05) is 13.1 Å². The van der Waals surface area contributed by atoms with Gasteiger partial charge in [0.25, 0.3) is 0 Å². The summed E-state index contributed by atoms with van der Waals surface area (Å²) in [5, 5.41) is 0.690. The molecule has 1 aliphatic rings. The molecule has 1 aliphatic heterocycles. The van der Waals surface area contributed by atoms with Crippen LogP contribution < -0.4 is 10.5 Å². The largest absolute Gasteiger partial charge is 0.488 e. The van der Waals surface area contributed by atoms with Crippen LogP contribution in [-0.2, 0) is 13.2 Å². The molecule has 1 fully saturated rings. The SMILES string of the molecule is NC1CCN(Cc2cccc(COc3ccc(Cl)cc3Br)c2)C1. The molecule has 1 unspecified atom stereocenters. The molecule has 0 aromatic heterocycles. The van der Waals surface area contributed by atoms with Crippen LogP contribution in [0.25, 0.3) is 0 Å². The standard InChI is InChI=1S/C18H20BrClN2O/c19-17-9-15(20)4-5-18(17)23-12-14-3-1-2-13(8-14)10-22-7-6-16(21)11-22/h1-5,8-9,16H,6-7,10-12,21H2. The van der Waals surface area contributed by atoms with E-state index in [1.54, 1.807) is 0 Å². The van der Waals surface area contributed by atoms with Gasteiger partial charge in [0.05, 0.1) is 4.47 Å². The van der Waals surface area contributed by atoms with E-state index in [1.807, 2.05) is 18.2 Å². The Morgan fingerprint density at radius 1 is 1.22 bits per heavy atom. The predicted molar refractivity (Wildman–Crippen MR) is 97.8 cm³/mol. The first kappa shape index (κ1) is 16.8. The van der Waals surface area contributed by atoms with Gasteiger partial charge in [-0.15, -0.1) is 0 Å². The van der Waals surface area contributed by atoms with Crippen molar-refractivity contribution in [1.29, 1.82) is 0 Å². The molecule has 1 saturated heterocycles. The lowest BCUT2D eigenvalue weighted by Gasteiger charge is -2.16. The van der Waals surface area contributed by atoms with Gasteiger partial charge >= 0.3 is 0 Å². The summed E-state index contributed by atoms with van der Waals surface area (Å²) in [7, 11) is 0. The number of rotatable bonds is 5. The minimum absolute atomic E-state index is 0.323. The average Bonchev–Trinajstić information content (AvgIpc) is 2.92. The number of nitrogens with two attached hydrogens (primary N) is 1. The Bertz CT molecular complexity index is 680. The molecule has 0 radical (unpaired) electrons. The molecule has 0 aliphatic carbocycles. The number of halogens is 2. The lowest BCUT2D eigenvalue weighted by molar-refractivity contribution is 0.303. The monoisotopic (exact) mass is 394 g/mol. The zero-order valence-corrected chi connectivity index (χ0v) is 15.2. The first-order valence-corrected chi connectivity index (χ1v) is 8.91. The highest BCUT2D eigenvalue weighted by Crippen LogP contribution is 2.28. The number of ether oxygens (including phenoxy) is 1. The molecule has 0 saturated carbocycles. The van der Waals surface area contributed by atoms with Gasteiger partial charge in [0.1, 0.15) is 12.4 Å². The van der Waals surface area contributed by atoms with E-state index in [0.29, 0.717) is 17.7 Å². The van der Waals surface area contributed by atoms with Crippen LogP contribution in [0.4, 0.5) is 0 Å². The second kappa shape index (κ2) is 7.67. The van der Waals surface area contributed by atoms with Gasteiger partial charge in [-0.2, -0.15) is 0 Å². The van der Waals surface area contributed by atoms with Crippen LogP contribution in [0.2, 0.25) is 5.02 Å². The number of hydrogen-bond donors (Lipinski definition) is 1. The summed E-state index contributed by atoms with van der Waals surface area (Å²) in [5.74, 6) is 0.797. The minimum Gasteiger partial charge on any atom is -0.488 e. The van der Waals surface area contributed by atoms with Crippen LogP contribution >= 0.6 is 27.5 Å². The Morgan fingerprint density at radius 2 is 2.04 bits per heavy atom. The summed E-state index contributed by atoms with van der Waals surface area (Å²) < 4.78 is 6.75. The van der Waals surface area contributed by atoms with Crippen LogP contribution in [0.5, 0.6) is 5.75 Å². The minimum atomic E-state index is 0.323. The number of likely N-dealkylation sites (tertiary alicyclic amines) is 1. The summed E-state index contributed by atoms with van der Waals surface area (Å²) in [6.45, 7) is 3.55. The molecule has 2 aromatic carbocycles. The third-order valence-electron chi connectivity index (χ3n) is 3.99. The smallest absolute Gasteiger partial charge is 0.134 e. The van der Waals surface area contributed by atoms with E-state index < -0.39 is 0 Å². The maximum atomic E-state index is 5.97. The van der Waals surface area contributed by atoms with E-state index in [1.165, 1.54) is 5.56 Å². The average molecular weight is 396 g/mol. The van der Waals surface area contributed by atoms with Crippen molar-refractivity contribution in [1.82, 2.24) is 4.90 Å². The van der Waals surface area contributed by atoms with E-state index in [-0.39, 0.29) is 0 Å². The van der Waals surface area contributed by atoms with Crippen molar-refractivity contribution in [3.63, 3.8) is 0 Å². The third kappa shape index (κ3) is 4.70. The third-order valence-corrected chi connectivity index (χ3v) is 4.85. The van der Waals surface area contributed by atoms with Crippen molar-refractivity contribution in [3.8, 4) is 5.75 Å². The zero-order chi connectivity index (χ0) is 16.2. The molecule has 3 nitrogen and oxygen atoms in total. The molecular weight excluding hydrogens is 376 g/mol. The highest BCUT2D eigenvalue weighted by molar-refractivity contribution is 9.10. The fourth-order valence-electron chi connectivity index (χ4n) is 2.84. The van der Waals surface area contributed by atoms with Gasteiger partial charge in [-0.1, -0.05) is 35.9 Å². The normalized spacial score (nSPS) is 18.3. The van der Waals surface area contributed by atoms with Gasteiger partial charge in [0, 0.05) is 30.7 Å². The molecule has 0 bridgehead atoms. The summed E-state index contributed by atoms with van der Waals surface area (Å²) in [6, 6.07) is 14.4. The summed E-state index contributed by atoms with van der Waals surface area (Å²) in [4.78, 5) is 2.40. The quantitative estimate of drug-likeness (QED) is 0.824. The van der Waals surface area contributed by atoms with Gasteiger partial charge in [-0.25, -0.2) is 0 Å². The molecule has 0 spiro atoms. The van der Waals surface area contributed by atoms with Crippen LogP contribution in [0.15, 0.2) is 46.9 Å². The lowest BCUT2D eigenvalue weighted by atomic mass is 10.1. The van der Waals surface area contributed by atoms with Gasteiger partial charge in [-0.05, 0) is 51.7 Å². The van der Waals surface area contributed by atoms with Crippen LogP contribution in [0, 0.1) is 0 Å². The summed E-state index contributed by atoms with van der Waals surface area (Å²) in [6.07, 6.45) is 1.09. The first-order valence-electron chi connectivity index (χ1n) is 7.74. The van der Waals surface area contributed by atoms with E-state index in [2.05, 4.69) is 45.1 Å². The van der Waals surface area contributed by atoms with Gasteiger partial charge in [0.2, 0.25) is 0 Å². The number of benzene rings is 2. The van der Waals surface area contributed by atoms with E-state index in [0.717, 1.165) is 41.8 Å². The molecule has 1 heterocycles. The maximum Gasteiger partial charge on any atom is 0.134 e. The summed E-state index contributed by atoms with van der Waals surface area (Å²) >= 11 is 9.42. The fraction of sp³-hybridized carbons (Fsp3) is 0.333. The summed E-state index contributed by atoms with van der Waals surface area (Å²) in [5.41, 5.74) is 8.43. The molecule has 1 atom stereocenters. The molecule has 0 amide bonds.